The molecule has 0 spiro atoms. The number of phenolic OH excluding ortho intramolecular Hbond substituents is 2. The van der Waals surface area contributed by atoms with Crippen molar-refractivity contribution in [3.63, 3.8) is 0 Å². The van der Waals surface area contributed by atoms with Crippen molar-refractivity contribution in [2.45, 2.75) is 0 Å². The number of nitrogens with zero attached hydrogens (tertiary/aromatic N) is 2. The first-order valence-corrected chi connectivity index (χ1v) is 11.6. The molecule has 4 rings (SSSR count). The van der Waals surface area contributed by atoms with Gasteiger partial charge in [0.15, 0.2) is 0 Å². The molecule has 2 aromatic heterocycles. The molecule has 4 N–H and O–H groups in total. The van der Waals surface area contributed by atoms with Gasteiger partial charge in [0.2, 0.25) is 0 Å². The second-order valence-electron chi connectivity index (χ2n) is 6.46. The second kappa shape index (κ2) is 14.5. The van der Waals surface area contributed by atoms with E-state index in [1.54, 1.807) is 36.7 Å². The number of hydrogen-bond acceptors (Lipinski definition) is 8. The fraction of sp³-hybridized carbons (Fsp3) is 0. The number of carbonyl (C=O) groups excluding carboxylic acids is 2. The maximum atomic E-state index is 11.6. The summed E-state index contributed by atoms with van der Waals surface area (Å²) in [4.78, 5) is 25.1. The molecule has 1 radical (unpaired) electrons. The molecular weight excluding hydrogens is 536 g/mol. The Labute approximate surface area is 220 Å². The third kappa shape index (κ3) is 8.84. The van der Waals surface area contributed by atoms with Gasteiger partial charge in [0.25, 0.3) is 11.8 Å². The predicted octanol–water partition coefficient (Wildman–Crippen LogP) is 4.43. The van der Waals surface area contributed by atoms with E-state index >= 15 is 0 Å². The molecule has 0 aliphatic rings. The topological polar surface area (TPSA) is 123 Å². The fourth-order valence-electron chi connectivity index (χ4n) is 2.49. The van der Waals surface area contributed by atoms with Gasteiger partial charge in [0, 0.05) is 26.8 Å². The van der Waals surface area contributed by atoms with E-state index in [9.17, 15) is 19.8 Å². The maximum absolute atomic E-state index is 11.6. The van der Waals surface area contributed by atoms with Crippen molar-refractivity contribution < 1.29 is 36.9 Å². The minimum atomic E-state index is -0.434. The number of phenols is 2. The molecule has 0 fully saturated rings. The van der Waals surface area contributed by atoms with Crippen molar-refractivity contribution in [3.05, 3.63) is 104 Å². The summed E-state index contributed by atoms with van der Waals surface area (Å²) in [7, 11) is 0. The Morgan fingerprint density at radius 1 is 0.657 bits per heavy atom. The molecule has 0 aliphatic heterocycles. The molecule has 0 aliphatic carbocycles. The van der Waals surface area contributed by atoms with E-state index < -0.39 is 11.8 Å². The Morgan fingerprint density at radius 3 is 1.40 bits per heavy atom. The van der Waals surface area contributed by atoms with Crippen LogP contribution in [-0.2, 0) is 17.1 Å². The first-order chi connectivity index (χ1) is 16.5. The quantitative estimate of drug-likeness (QED) is 0.160. The third-order valence-corrected chi connectivity index (χ3v) is 5.71. The van der Waals surface area contributed by atoms with Crippen LogP contribution in [0, 0.1) is 0 Å². The molecule has 2 amide bonds. The zero-order valence-corrected chi connectivity index (χ0v) is 20.5. The van der Waals surface area contributed by atoms with Crippen LogP contribution >= 0.6 is 22.7 Å². The van der Waals surface area contributed by atoms with Gasteiger partial charge in [-0.05, 0) is 47.2 Å². The number of para-hydroxylation sites is 2. The number of carbonyl (C=O) groups is 2. The molecule has 0 saturated heterocycles. The summed E-state index contributed by atoms with van der Waals surface area (Å²) in [6, 6.07) is 20.2. The van der Waals surface area contributed by atoms with Crippen molar-refractivity contribution in [1.82, 2.24) is 10.9 Å². The first-order valence-electron chi connectivity index (χ1n) is 9.84. The first kappa shape index (κ1) is 27.5. The molecule has 35 heavy (non-hydrogen) atoms. The van der Waals surface area contributed by atoms with Crippen LogP contribution in [0.15, 0.2) is 93.8 Å². The van der Waals surface area contributed by atoms with Crippen LogP contribution in [0.1, 0.15) is 30.5 Å². The summed E-state index contributed by atoms with van der Waals surface area (Å²) in [6.07, 6.45) is 3.12. The second-order valence-corrected chi connectivity index (χ2v) is 8.42. The Balaban J connectivity index is 0.000000240. The Kier molecular flexibility index (Phi) is 11.4. The van der Waals surface area contributed by atoms with Crippen molar-refractivity contribution in [2.24, 2.45) is 10.2 Å². The molecular formula is C24H20CuN4O4S2. The maximum Gasteiger partial charge on any atom is 0.275 e. The zero-order chi connectivity index (χ0) is 24.2. The van der Waals surface area contributed by atoms with E-state index in [0.717, 1.165) is 9.75 Å². The SMILES string of the molecule is O=C(N/N=C/c1cccs1)c1ccccc1O.O=C(N/N=C/c1cccs1)c1ccccc1O.[Cu]. The molecule has 0 unspecified atom stereocenters. The van der Waals surface area contributed by atoms with Crippen molar-refractivity contribution >= 4 is 46.9 Å². The van der Waals surface area contributed by atoms with E-state index in [1.807, 2.05) is 35.0 Å². The summed E-state index contributed by atoms with van der Waals surface area (Å²) in [5.41, 5.74) is 5.12. The van der Waals surface area contributed by atoms with E-state index in [4.69, 9.17) is 0 Å². The van der Waals surface area contributed by atoms with Crippen LogP contribution in [0.5, 0.6) is 11.5 Å². The van der Waals surface area contributed by atoms with Gasteiger partial charge in [0.05, 0.1) is 23.6 Å². The number of rotatable bonds is 6. The Hall–Kier alpha value is -3.76. The largest absolute Gasteiger partial charge is 0.507 e. The Morgan fingerprint density at radius 2 is 1.06 bits per heavy atom. The molecule has 0 atom stereocenters. The summed E-state index contributed by atoms with van der Waals surface area (Å²) in [5.74, 6) is -0.987. The molecule has 4 aromatic rings. The summed E-state index contributed by atoms with van der Waals surface area (Å²) < 4.78 is 0. The Bertz CT molecular complexity index is 1180. The van der Waals surface area contributed by atoms with E-state index in [1.165, 1.54) is 46.9 Å². The van der Waals surface area contributed by atoms with Gasteiger partial charge in [-0.25, -0.2) is 10.9 Å². The number of hydrogen-bond donors (Lipinski definition) is 4. The number of thiophene rings is 2. The molecule has 0 bridgehead atoms. The summed E-state index contributed by atoms with van der Waals surface area (Å²) >= 11 is 3.05. The van der Waals surface area contributed by atoms with Gasteiger partial charge < -0.3 is 10.2 Å². The van der Waals surface area contributed by atoms with Gasteiger partial charge in [0.1, 0.15) is 11.5 Å². The zero-order valence-electron chi connectivity index (χ0n) is 18.0. The van der Waals surface area contributed by atoms with E-state index in [-0.39, 0.29) is 39.7 Å². The van der Waals surface area contributed by atoms with E-state index in [2.05, 4.69) is 21.1 Å². The molecule has 2 aromatic carbocycles. The smallest absolute Gasteiger partial charge is 0.275 e. The van der Waals surface area contributed by atoms with Gasteiger partial charge in [-0.2, -0.15) is 10.2 Å². The molecule has 0 saturated carbocycles. The van der Waals surface area contributed by atoms with E-state index in [0.29, 0.717) is 0 Å². The van der Waals surface area contributed by atoms with Crippen molar-refractivity contribution in [1.29, 1.82) is 0 Å². The van der Waals surface area contributed by atoms with Crippen LogP contribution in [0.3, 0.4) is 0 Å². The average Bonchev–Trinajstić information content (AvgIpc) is 3.55. The van der Waals surface area contributed by atoms with Crippen LogP contribution in [0.25, 0.3) is 0 Å². The van der Waals surface area contributed by atoms with Crippen LogP contribution in [0.4, 0.5) is 0 Å². The summed E-state index contributed by atoms with van der Waals surface area (Å²) in [6.45, 7) is 0. The predicted molar refractivity (Wildman–Crippen MR) is 135 cm³/mol. The number of benzene rings is 2. The van der Waals surface area contributed by atoms with Crippen LogP contribution in [0.2, 0.25) is 0 Å². The molecule has 2 heterocycles. The molecule has 183 valence electrons. The van der Waals surface area contributed by atoms with Gasteiger partial charge in [-0.1, -0.05) is 36.4 Å². The fourth-order valence-corrected chi connectivity index (χ4v) is 3.66. The van der Waals surface area contributed by atoms with Gasteiger partial charge in [-0.15, -0.1) is 22.7 Å². The summed E-state index contributed by atoms with van der Waals surface area (Å²) in [5, 5.41) is 30.4. The molecule has 11 heteroatoms. The normalized spacial score (nSPS) is 10.3. The minimum Gasteiger partial charge on any atom is -0.507 e. The number of hydrazone groups is 2. The number of aromatic hydroxyl groups is 2. The minimum absolute atomic E-state index is 0. The monoisotopic (exact) mass is 555 g/mol. The number of nitrogens with one attached hydrogen (secondary N) is 2. The van der Waals surface area contributed by atoms with Gasteiger partial charge >= 0.3 is 0 Å². The third-order valence-electron chi connectivity index (χ3n) is 4.10. The average molecular weight is 556 g/mol. The van der Waals surface area contributed by atoms with Crippen molar-refractivity contribution in [2.75, 3.05) is 0 Å². The number of amides is 2. The standard InChI is InChI=1S/2C12H10N2O2S.Cu/c2*15-11-6-2-1-5-10(11)12(16)14-13-8-9-4-3-7-17-9;/h2*1-8,15H,(H,14,16);/b2*13-8+;. The van der Waals surface area contributed by atoms with Crippen LogP contribution < -0.4 is 10.9 Å². The van der Waals surface area contributed by atoms with Crippen LogP contribution in [-0.4, -0.2) is 34.5 Å². The molecule has 8 nitrogen and oxygen atoms in total. The van der Waals surface area contributed by atoms with Gasteiger partial charge in [-0.3, -0.25) is 9.59 Å². The van der Waals surface area contributed by atoms with Crippen molar-refractivity contribution in [3.8, 4) is 11.5 Å².